The average Bonchev–Trinajstić information content (AvgIpc) is 3.18. The van der Waals surface area contributed by atoms with Crippen molar-refractivity contribution >= 4 is 45.9 Å². The Bertz CT molecular complexity index is 992. The fourth-order valence-electron chi connectivity index (χ4n) is 4.42. The summed E-state index contributed by atoms with van der Waals surface area (Å²) in [5.41, 5.74) is 1.59. The van der Waals surface area contributed by atoms with Gasteiger partial charge in [0.05, 0.1) is 18.4 Å². The number of hydrogen-bond acceptors (Lipinski definition) is 8. The molecule has 0 aromatic carbocycles. The van der Waals surface area contributed by atoms with E-state index in [1.807, 2.05) is 0 Å². The van der Waals surface area contributed by atoms with Gasteiger partial charge in [-0.25, -0.2) is 4.79 Å². The van der Waals surface area contributed by atoms with Crippen LogP contribution in [0.1, 0.15) is 65.4 Å². The van der Waals surface area contributed by atoms with Crippen molar-refractivity contribution in [2.45, 2.75) is 62.6 Å². The predicted octanol–water partition coefficient (Wildman–Crippen LogP) is 3.67. The van der Waals surface area contributed by atoms with Gasteiger partial charge in [-0.3, -0.25) is 9.36 Å². The highest BCUT2D eigenvalue weighted by molar-refractivity contribution is 7.99. The van der Waals surface area contributed by atoms with Gasteiger partial charge in [0.25, 0.3) is 0 Å². The monoisotopic (exact) mass is 461 g/mol. The van der Waals surface area contributed by atoms with E-state index in [0.717, 1.165) is 68.3 Å². The third-order valence-corrected chi connectivity index (χ3v) is 8.24. The van der Waals surface area contributed by atoms with Crippen molar-refractivity contribution in [3.63, 3.8) is 0 Å². The number of aryl methyl sites for hydroxylation is 1. The van der Waals surface area contributed by atoms with Crippen molar-refractivity contribution < 1.29 is 14.3 Å². The molecule has 166 valence electrons. The van der Waals surface area contributed by atoms with Gasteiger partial charge in [0.2, 0.25) is 11.9 Å². The van der Waals surface area contributed by atoms with Gasteiger partial charge in [-0.1, -0.05) is 11.8 Å². The highest BCUT2D eigenvalue weighted by atomic mass is 32.2. The van der Waals surface area contributed by atoms with Crippen molar-refractivity contribution in [2.24, 2.45) is 0 Å². The number of nitrogens with zero attached hydrogens (tertiary/aromatic N) is 4. The second-order valence-electron chi connectivity index (χ2n) is 8.32. The molecule has 2 aromatic rings. The van der Waals surface area contributed by atoms with Crippen LogP contribution in [0.3, 0.4) is 0 Å². The second kappa shape index (κ2) is 8.82. The fraction of sp³-hybridized carbons (Fsp3) is 0.619. The molecule has 2 aromatic heterocycles. The number of hydrogen-bond donors (Lipinski definition) is 1. The molecule has 1 aliphatic heterocycles. The number of ether oxygens (including phenoxy) is 1. The van der Waals surface area contributed by atoms with Gasteiger partial charge in [0.1, 0.15) is 5.00 Å². The van der Waals surface area contributed by atoms with Gasteiger partial charge < -0.3 is 15.0 Å². The first kappa shape index (κ1) is 20.8. The molecule has 8 nitrogen and oxygen atoms in total. The number of carbonyl (C=O) groups excluding carboxylic acids is 2. The van der Waals surface area contributed by atoms with E-state index >= 15 is 0 Å². The molecule has 0 atom stereocenters. The quantitative estimate of drug-likeness (QED) is 0.497. The van der Waals surface area contributed by atoms with E-state index in [2.05, 4.69) is 25.0 Å². The Labute approximate surface area is 189 Å². The molecule has 2 aliphatic carbocycles. The topological polar surface area (TPSA) is 89.3 Å². The van der Waals surface area contributed by atoms with Crippen LogP contribution in [0.4, 0.5) is 10.9 Å². The van der Waals surface area contributed by atoms with E-state index in [1.165, 1.54) is 47.9 Å². The van der Waals surface area contributed by atoms with Crippen molar-refractivity contribution in [1.82, 2.24) is 14.8 Å². The van der Waals surface area contributed by atoms with Crippen LogP contribution < -0.4 is 10.2 Å². The molecule has 3 aliphatic rings. The van der Waals surface area contributed by atoms with Crippen molar-refractivity contribution in [1.29, 1.82) is 0 Å². The number of aromatic nitrogens is 3. The molecule has 1 amide bonds. The molecule has 1 saturated carbocycles. The third-order valence-electron chi connectivity index (χ3n) is 6.09. The lowest BCUT2D eigenvalue weighted by Crippen LogP contribution is -2.22. The van der Waals surface area contributed by atoms with Crippen LogP contribution in [0.25, 0.3) is 0 Å². The summed E-state index contributed by atoms with van der Waals surface area (Å²) in [5, 5.41) is 13.2. The first-order chi connectivity index (χ1) is 15.2. The summed E-state index contributed by atoms with van der Waals surface area (Å²) in [4.78, 5) is 28.7. The van der Waals surface area contributed by atoms with Crippen LogP contribution in [0.2, 0.25) is 0 Å². The molecule has 0 bridgehead atoms. The Kier molecular flexibility index (Phi) is 5.92. The summed E-state index contributed by atoms with van der Waals surface area (Å²) in [5.74, 6) is 0.670. The SMILES string of the molecule is COC(=O)c1c(NC(=O)CSc2nnc(N3CCCC3)n2C2CC2)sc2c1CCCC2. The largest absolute Gasteiger partial charge is 0.465 e. The van der Waals surface area contributed by atoms with Gasteiger partial charge in [-0.05, 0) is 56.9 Å². The van der Waals surface area contributed by atoms with E-state index in [4.69, 9.17) is 4.74 Å². The minimum Gasteiger partial charge on any atom is -0.465 e. The number of thiophene rings is 1. The van der Waals surface area contributed by atoms with E-state index < -0.39 is 0 Å². The van der Waals surface area contributed by atoms with Crippen LogP contribution >= 0.6 is 23.1 Å². The summed E-state index contributed by atoms with van der Waals surface area (Å²) >= 11 is 2.93. The van der Waals surface area contributed by atoms with Gasteiger partial charge in [-0.15, -0.1) is 21.5 Å². The number of carbonyl (C=O) groups is 2. The summed E-state index contributed by atoms with van der Waals surface area (Å²) < 4.78 is 7.21. The molecule has 1 N–H and O–H groups in total. The number of anilines is 2. The summed E-state index contributed by atoms with van der Waals surface area (Å²) in [6.07, 6.45) is 8.67. The molecule has 1 saturated heterocycles. The average molecular weight is 462 g/mol. The number of rotatable bonds is 7. The Morgan fingerprint density at radius 2 is 1.94 bits per heavy atom. The van der Waals surface area contributed by atoms with Crippen LogP contribution in [0, 0.1) is 0 Å². The number of esters is 1. The molecule has 5 rings (SSSR count). The smallest absolute Gasteiger partial charge is 0.341 e. The van der Waals surface area contributed by atoms with Crippen LogP contribution in [0.5, 0.6) is 0 Å². The molecule has 0 radical (unpaired) electrons. The first-order valence-electron chi connectivity index (χ1n) is 11.0. The lowest BCUT2D eigenvalue weighted by molar-refractivity contribution is -0.113. The van der Waals surface area contributed by atoms with Crippen LogP contribution in [-0.2, 0) is 22.4 Å². The standard InChI is InChI=1S/C21H27N5O3S2/c1-29-19(28)17-14-6-2-3-7-15(14)31-18(17)22-16(27)12-30-21-24-23-20(25-10-4-5-11-25)26(21)13-8-9-13/h13H,2-12H2,1H3,(H,22,27). The zero-order chi connectivity index (χ0) is 21.4. The first-order valence-corrected chi connectivity index (χ1v) is 12.8. The van der Waals surface area contributed by atoms with Gasteiger partial charge in [-0.2, -0.15) is 0 Å². The molecule has 0 unspecified atom stereocenters. The highest BCUT2D eigenvalue weighted by Gasteiger charge is 2.33. The molecule has 31 heavy (non-hydrogen) atoms. The maximum Gasteiger partial charge on any atom is 0.341 e. The lowest BCUT2D eigenvalue weighted by Gasteiger charge is -2.17. The lowest BCUT2D eigenvalue weighted by atomic mass is 9.95. The Hall–Kier alpha value is -2.07. The maximum absolute atomic E-state index is 12.8. The second-order valence-corrected chi connectivity index (χ2v) is 10.4. The number of thioether (sulfide) groups is 1. The number of nitrogens with one attached hydrogen (secondary N) is 1. The summed E-state index contributed by atoms with van der Waals surface area (Å²) in [7, 11) is 1.39. The van der Waals surface area contributed by atoms with E-state index in [9.17, 15) is 9.59 Å². The fourth-order valence-corrected chi connectivity index (χ4v) is 6.51. The van der Waals surface area contributed by atoms with Crippen molar-refractivity contribution in [2.75, 3.05) is 36.2 Å². The number of fused-ring (bicyclic) bond motifs is 1. The van der Waals surface area contributed by atoms with Gasteiger partial charge >= 0.3 is 5.97 Å². The number of methoxy groups -OCH3 is 1. The zero-order valence-electron chi connectivity index (χ0n) is 17.7. The zero-order valence-corrected chi connectivity index (χ0v) is 19.3. The van der Waals surface area contributed by atoms with Crippen LogP contribution in [-0.4, -0.2) is 52.6 Å². The maximum atomic E-state index is 12.8. The van der Waals surface area contributed by atoms with E-state index in [0.29, 0.717) is 16.6 Å². The molecule has 2 fully saturated rings. The summed E-state index contributed by atoms with van der Waals surface area (Å²) in [6.45, 7) is 2.05. The van der Waals surface area contributed by atoms with Crippen molar-refractivity contribution in [3.05, 3.63) is 16.0 Å². The minimum atomic E-state index is -0.369. The predicted molar refractivity (Wildman–Crippen MR) is 121 cm³/mol. The normalized spacial score (nSPS) is 18.2. The molecular formula is C21H27N5O3S2. The van der Waals surface area contributed by atoms with E-state index in [-0.39, 0.29) is 17.6 Å². The van der Waals surface area contributed by atoms with Gasteiger partial charge in [0.15, 0.2) is 5.16 Å². The third kappa shape index (κ3) is 4.19. The highest BCUT2D eigenvalue weighted by Crippen LogP contribution is 2.42. The molecule has 0 spiro atoms. The van der Waals surface area contributed by atoms with Gasteiger partial charge in [0, 0.05) is 24.0 Å². The Morgan fingerprint density at radius 1 is 1.16 bits per heavy atom. The molecule has 3 heterocycles. The Balaban J connectivity index is 1.29. The summed E-state index contributed by atoms with van der Waals surface area (Å²) in [6, 6.07) is 0.450. The number of amides is 1. The van der Waals surface area contributed by atoms with E-state index in [1.54, 1.807) is 0 Å². The molecular weight excluding hydrogens is 434 g/mol. The minimum absolute atomic E-state index is 0.137. The van der Waals surface area contributed by atoms with Crippen LogP contribution in [0.15, 0.2) is 5.16 Å². The Morgan fingerprint density at radius 3 is 2.68 bits per heavy atom. The molecule has 10 heteroatoms. The van der Waals surface area contributed by atoms with Crippen molar-refractivity contribution in [3.8, 4) is 0 Å².